The van der Waals surface area contributed by atoms with E-state index in [2.05, 4.69) is 65.3 Å². The van der Waals surface area contributed by atoms with Gasteiger partial charge in [-0.1, -0.05) is 26.0 Å². The monoisotopic (exact) mass is 371 g/mol. The number of nitrogens with one attached hydrogen (secondary N) is 1. The number of nitrogens with zero attached hydrogens (tertiary/aromatic N) is 4. The second-order valence-corrected chi connectivity index (χ2v) is 7.74. The average molecular weight is 372 g/mol. The molecule has 0 spiro atoms. The topological polar surface area (TPSA) is 36.3 Å². The molecule has 3 rings (SSSR count). The smallest absolute Gasteiger partial charge is 0.173 e. The molecule has 26 heavy (non-hydrogen) atoms. The van der Waals surface area contributed by atoms with E-state index in [0.29, 0.717) is 5.92 Å². The van der Waals surface area contributed by atoms with Crippen molar-refractivity contribution in [3.63, 3.8) is 0 Å². The molecule has 140 valence electrons. The van der Waals surface area contributed by atoms with Gasteiger partial charge in [0.2, 0.25) is 0 Å². The van der Waals surface area contributed by atoms with E-state index in [4.69, 9.17) is 12.2 Å². The second kappa shape index (κ2) is 8.18. The number of anilines is 1. The van der Waals surface area contributed by atoms with Crippen LogP contribution in [-0.4, -0.2) is 50.9 Å². The number of piperazine rings is 1. The Kier molecular flexibility index (Phi) is 5.94. The first-order chi connectivity index (χ1) is 12.4. The molecule has 2 heterocycles. The van der Waals surface area contributed by atoms with Gasteiger partial charge in [-0.2, -0.15) is 5.10 Å². The molecule has 0 aliphatic carbocycles. The maximum Gasteiger partial charge on any atom is 0.173 e. The Morgan fingerprint density at radius 3 is 2.35 bits per heavy atom. The van der Waals surface area contributed by atoms with Crippen LogP contribution in [0.4, 0.5) is 5.69 Å². The van der Waals surface area contributed by atoms with Crippen LogP contribution in [0.1, 0.15) is 36.6 Å². The van der Waals surface area contributed by atoms with Crippen LogP contribution in [0.3, 0.4) is 0 Å². The Bertz CT molecular complexity index is 742. The van der Waals surface area contributed by atoms with E-state index in [9.17, 15) is 0 Å². The number of hydrogen-bond donors (Lipinski definition) is 1. The molecule has 6 heteroatoms. The Balaban J connectivity index is 1.49. The molecule has 1 aliphatic rings. The third-order valence-corrected chi connectivity index (χ3v) is 5.58. The van der Waals surface area contributed by atoms with Gasteiger partial charge in [-0.25, -0.2) is 0 Å². The number of hydrogen-bond acceptors (Lipinski definition) is 3. The third kappa shape index (κ3) is 4.43. The lowest BCUT2D eigenvalue weighted by atomic mass is 10.0. The minimum absolute atomic E-state index is 0.549. The van der Waals surface area contributed by atoms with Crippen molar-refractivity contribution in [2.24, 2.45) is 7.05 Å². The Labute approximate surface area is 162 Å². The maximum atomic E-state index is 5.62. The lowest BCUT2D eigenvalue weighted by Gasteiger charge is -2.36. The van der Waals surface area contributed by atoms with Crippen LogP contribution >= 0.6 is 12.2 Å². The first kappa shape index (κ1) is 18.9. The van der Waals surface area contributed by atoms with Crippen LogP contribution in [0.15, 0.2) is 30.5 Å². The standard InChI is InChI=1S/C20H29N5S/c1-15(2)17-5-7-19(8-6-17)22-20(26)25-11-9-24(10-12-25)14-18-13-21-23(4)16(18)3/h5-8,13,15H,9-12,14H2,1-4H3,(H,22,26). The predicted molar refractivity (Wildman–Crippen MR) is 112 cm³/mol. The van der Waals surface area contributed by atoms with Gasteiger partial charge in [-0.05, 0) is 42.8 Å². The number of aromatic nitrogens is 2. The maximum absolute atomic E-state index is 5.62. The predicted octanol–water partition coefficient (Wildman–Crippen LogP) is 3.37. The lowest BCUT2D eigenvalue weighted by molar-refractivity contribution is 0.176. The van der Waals surface area contributed by atoms with Crippen LogP contribution in [0.2, 0.25) is 0 Å². The number of aryl methyl sites for hydroxylation is 1. The van der Waals surface area contributed by atoms with Gasteiger partial charge >= 0.3 is 0 Å². The molecule has 0 amide bonds. The lowest BCUT2D eigenvalue weighted by Crippen LogP contribution is -2.49. The van der Waals surface area contributed by atoms with E-state index in [0.717, 1.165) is 43.5 Å². The summed E-state index contributed by atoms with van der Waals surface area (Å²) in [5, 5.41) is 8.54. The SMILES string of the molecule is Cc1c(CN2CCN(C(=S)Nc3ccc(C(C)C)cc3)CC2)cnn1C. The summed E-state index contributed by atoms with van der Waals surface area (Å²) in [5.41, 5.74) is 4.97. The highest BCUT2D eigenvalue weighted by Crippen LogP contribution is 2.18. The van der Waals surface area contributed by atoms with Crippen LogP contribution < -0.4 is 5.32 Å². The van der Waals surface area contributed by atoms with Crippen molar-refractivity contribution in [2.75, 3.05) is 31.5 Å². The van der Waals surface area contributed by atoms with Crippen molar-refractivity contribution in [3.8, 4) is 0 Å². The molecular formula is C20H29N5S. The average Bonchev–Trinajstić information content (AvgIpc) is 2.95. The van der Waals surface area contributed by atoms with Crippen molar-refractivity contribution in [2.45, 2.75) is 33.2 Å². The number of thiocarbonyl (C=S) groups is 1. The zero-order chi connectivity index (χ0) is 18.7. The zero-order valence-corrected chi connectivity index (χ0v) is 17.0. The van der Waals surface area contributed by atoms with Gasteiger partial charge in [-0.15, -0.1) is 0 Å². The molecule has 0 unspecified atom stereocenters. The number of benzene rings is 1. The van der Waals surface area contributed by atoms with Crippen LogP contribution in [0.5, 0.6) is 0 Å². The van der Waals surface area contributed by atoms with Crippen molar-refractivity contribution < 1.29 is 0 Å². The highest BCUT2D eigenvalue weighted by atomic mass is 32.1. The second-order valence-electron chi connectivity index (χ2n) is 7.35. The molecule has 0 atom stereocenters. The van der Waals surface area contributed by atoms with Gasteiger partial charge in [0.25, 0.3) is 0 Å². The molecule has 1 aromatic carbocycles. The fourth-order valence-electron chi connectivity index (χ4n) is 3.20. The summed E-state index contributed by atoms with van der Waals surface area (Å²) in [5.74, 6) is 0.549. The summed E-state index contributed by atoms with van der Waals surface area (Å²) in [7, 11) is 1.99. The molecule has 0 bridgehead atoms. The summed E-state index contributed by atoms with van der Waals surface area (Å²) < 4.78 is 1.94. The van der Waals surface area contributed by atoms with Crippen molar-refractivity contribution >= 4 is 23.0 Å². The van der Waals surface area contributed by atoms with Crippen molar-refractivity contribution in [1.29, 1.82) is 0 Å². The number of rotatable bonds is 4. The highest BCUT2D eigenvalue weighted by Gasteiger charge is 2.20. The van der Waals surface area contributed by atoms with Crippen LogP contribution in [0, 0.1) is 6.92 Å². The fraction of sp³-hybridized carbons (Fsp3) is 0.500. The Morgan fingerprint density at radius 1 is 1.15 bits per heavy atom. The van der Waals surface area contributed by atoms with Crippen LogP contribution in [-0.2, 0) is 13.6 Å². The van der Waals surface area contributed by atoms with E-state index >= 15 is 0 Å². The van der Waals surface area contributed by atoms with Gasteiger partial charge in [0.05, 0.1) is 6.20 Å². The van der Waals surface area contributed by atoms with Crippen molar-refractivity contribution in [3.05, 3.63) is 47.3 Å². The minimum Gasteiger partial charge on any atom is -0.346 e. The molecule has 0 saturated carbocycles. The van der Waals surface area contributed by atoms with Crippen molar-refractivity contribution in [1.82, 2.24) is 19.6 Å². The first-order valence-electron chi connectivity index (χ1n) is 9.29. The van der Waals surface area contributed by atoms with E-state index in [1.807, 2.05) is 17.9 Å². The highest BCUT2D eigenvalue weighted by molar-refractivity contribution is 7.80. The normalized spacial score (nSPS) is 15.5. The van der Waals surface area contributed by atoms with Gasteiger partial charge in [0.1, 0.15) is 0 Å². The molecule has 1 N–H and O–H groups in total. The Hall–Kier alpha value is -1.92. The molecule has 1 fully saturated rings. The fourth-order valence-corrected chi connectivity index (χ4v) is 3.50. The molecule has 0 radical (unpaired) electrons. The van der Waals surface area contributed by atoms with Gasteiger partial charge in [0, 0.05) is 56.7 Å². The minimum atomic E-state index is 0.549. The third-order valence-electron chi connectivity index (χ3n) is 5.22. The Morgan fingerprint density at radius 2 is 1.81 bits per heavy atom. The molecule has 1 aliphatic heterocycles. The molecule has 5 nitrogen and oxygen atoms in total. The quantitative estimate of drug-likeness (QED) is 0.834. The van der Waals surface area contributed by atoms with Gasteiger partial charge in [0.15, 0.2) is 5.11 Å². The van der Waals surface area contributed by atoms with Gasteiger partial charge in [-0.3, -0.25) is 9.58 Å². The molecular weight excluding hydrogens is 342 g/mol. The van der Waals surface area contributed by atoms with E-state index in [1.165, 1.54) is 16.8 Å². The van der Waals surface area contributed by atoms with Crippen LogP contribution in [0.25, 0.3) is 0 Å². The van der Waals surface area contributed by atoms with E-state index in [1.54, 1.807) is 0 Å². The van der Waals surface area contributed by atoms with Gasteiger partial charge < -0.3 is 10.2 Å². The summed E-state index contributed by atoms with van der Waals surface area (Å²) in [4.78, 5) is 4.73. The largest absolute Gasteiger partial charge is 0.346 e. The zero-order valence-electron chi connectivity index (χ0n) is 16.2. The van der Waals surface area contributed by atoms with E-state index in [-0.39, 0.29) is 0 Å². The molecule has 2 aromatic rings. The summed E-state index contributed by atoms with van der Waals surface area (Å²) in [6, 6.07) is 8.57. The summed E-state index contributed by atoms with van der Waals surface area (Å²) >= 11 is 5.62. The molecule has 1 aromatic heterocycles. The summed E-state index contributed by atoms with van der Waals surface area (Å²) in [6.07, 6.45) is 1.98. The summed E-state index contributed by atoms with van der Waals surface area (Å²) in [6.45, 7) is 11.4. The van der Waals surface area contributed by atoms with E-state index < -0.39 is 0 Å². The first-order valence-corrected chi connectivity index (χ1v) is 9.70. The molecule has 1 saturated heterocycles.